The minimum absolute atomic E-state index is 0.245. The minimum Gasteiger partial charge on any atom is -0.465 e. The van der Waals surface area contributed by atoms with Crippen LogP contribution in [0.3, 0.4) is 0 Å². The lowest BCUT2D eigenvalue weighted by molar-refractivity contribution is 0.0629. The van der Waals surface area contributed by atoms with Crippen LogP contribution in [-0.4, -0.2) is 62.2 Å². The molecule has 1 aromatic carbocycles. The Morgan fingerprint density at radius 1 is 1.06 bits per heavy atom. The number of hydrogen-bond donors (Lipinski definition) is 2. The summed E-state index contributed by atoms with van der Waals surface area (Å²) in [7, 11) is 0. The van der Waals surface area contributed by atoms with Crippen molar-refractivity contribution in [3.8, 4) is 27.8 Å². The molecule has 2 aromatic heterocycles. The molecule has 0 bridgehead atoms. The second kappa shape index (κ2) is 9.72. The SMILES string of the molecule is Cc1cc(-c2sc(NC(=O)N3CC(C)N(C(=O)O)CC3C)nc2-c2cccc(C#N)c2)cc(C)n1. The molecule has 2 N–H and O–H groups in total. The predicted octanol–water partition coefficient (Wildman–Crippen LogP) is 4.97. The smallest absolute Gasteiger partial charge is 0.407 e. The van der Waals surface area contributed by atoms with E-state index in [0.717, 1.165) is 27.4 Å². The Kier molecular flexibility index (Phi) is 6.71. The van der Waals surface area contributed by atoms with E-state index in [1.807, 2.05) is 45.0 Å². The van der Waals surface area contributed by atoms with E-state index in [1.54, 1.807) is 24.0 Å². The van der Waals surface area contributed by atoms with E-state index in [2.05, 4.69) is 16.4 Å². The average molecular weight is 491 g/mol. The number of nitrogens with zero attached hydrogens (tertiary/aromatic N) is 5. The third kappa shape index (κ3) is 5.10. The Labute approximate surface area is 207 Å². The lowest BCUT2D eigenvalue weighted by Gasteiger charge is -2.42. The van der Waals surface area contributed by atoms with Gasteiger partial charge in [-0.1, -0.05) is 23.5 Å². The molecule has 3 heterocycles. The maximum atomic E-state index is 13.2. The molecule has 3 aromatic rings. The zero-order valence-corrected chi connectivity index (χ0v) is 20.8. The fraction of sp³-hybridized carbons (Fsp3) is 0.320. The van der Waals surface area contributed by atoms with Crippen LogP contribution in [0.5, 0.6) is 0 Å². The van der Waals surface area contributed by atoms with Crippen LogP contribution in [0.4, 0.5) is 14.7 Å². The molecule has 2 unspecified atom stereocenters. The maximum absolute atomic E-state index is 13.2. The van der Waals surface area contributed by atoms with Gasteiger partial charge in [-0.3, -0.25) is 10.3 Å². The molecule has 1 fully saturated rings. The molecule has 0 saturated carbocycles. The van der Waals surface area contributed by atoms with Gasteiger partial charge in [0.25, 0.3) is 0 Å². The molecule has 180 valence electrons. The largest absolute Gasteiger partial charge is 0.465 e. The van der Waals surface area contributed by atoms with Crippen LogP contribution < -0.4 is 5.32 Å². The van der Waals surface area contributed by atoms with Crippen LogP contribution in [-0.2, 0) is 0 Å². The van der Waals surface area contributed by atoms with Crippen molar-refractivity contribution in [3.63, 3.8) is 0 Å². The van der Waals surface area contributed by atoms with Crippen molar-refractivity contribution >= 4 is 28.6 Å². The number of thiazole rings is 1. The summed E-state index contributed by atoms with van der Waals surface area (Å²) in [5.41, 5.74) is 4.64. The van der Waals surface area contributed by atoms with Gasteiger partial charge in [-0.25, -0.2) is 14.6 Å². The van der Waals surface area contributed by atoms with Crippen LogP contribution in [0.2, 0.25) is 0 Å². The number of carbonyl (C=O) groups excluding carboxylic acids is 1. The Balaban J connectivity index is 1.68. The van der Waals surface area contributed by atoms with E-state index in [9.17, 15) is 20.0 Å². The molecule has 1 aliphatic heterocycles. The summed E-state index contributed by atoms with van der Waals surface area (Å²) in [4.78, 5) is 37.7. The Morgan fingerprint density at radius 2 is 1.71 bits per heavy atom. The number of urea groups is 1. The van der Waals surface area contributed by atoms with E-state index >= 15 is 0 Å². The number of nitriles is 1. The number of carboxylic acid groups (broad SMARTS) is 1. The number of anilines is 1. The molecule has 0 aliphatic carbocycles. The van der Waals surface area contributed by atoms with Crippen molar-refractivity contribution in [2.24, 2.45) is 0 Å². The van der Waals surface area contributed by atoms with Crippen molar-refractivity contribution in [1.82, 2.24) is 19.8 Å². The van der Waals surface area contributed by atoms with Crippen LogP contribution in [0.15, 0.2) is 36.4 Å². The molecule has 35 heavy (non-hydrogen) atoms. The molecule has 9 nitrogen and oxygen atoms in total. The summed E-state index contributed by atoms with van der Waals surface area (Å²) in [6.07, 6.45) is -0.985. The van der Waals surface area contributed by atoms with Crippen molar-refractivity contribution in [1.29, 1.82) is 5.26 Å². The summed E-state index contributed by atoms with van der Waals surface area (Å²) in [5.74, 6) is 0. The van der Waals surface area contributed by atoms with Gasteiger partial charge >= 0.3 is 12.1 Å². The van der Waals surface area contributed by atoms with E-state index in [0.29, 0.717) is 16.4 Å². The van der Waals surface area contributed by atoms with E-state index < -0.39 is 6.09 Å². The molecule has 0 radical (unpaired) electrons. The fourth-order valence-corrected chi connectivity index (χ4v) is 5.27. The van der Waals surface area contributed by atoms with Gasteiger partial charge in [0.15, 0.2) is 5.13 Å². The van der Waals surface area contributed by atoms with Crippen molar-refractivity contribution in [2.45, 2.75) is 39.8 Å². The first-order valence-corrected chi connectivity index (χ1v) is 12.0. The van der Waals surface area contributed by atoms with Crippen molar-refractivity contribution in [2.75, 3.05) is 18.4 Å². The summed E-state index contributed by atoms with van der Waals surface area (Å²) >= 11 is 1.35. The summed E-state index contributed by atoms with van der Waals surface area (Å²) in [6.45, 7) is 8.00. The molecule has 3 amide bonds. The zero-order chi connectivity index (χ0) is 25.3. The first-order valence-electron chi connectivity index (χ1n) is 11.2. The summed E-state index contributed by atoms with van der Waals surface area (Å²) in [5, 5.41) is 22.1. The highest BCUT2D eigenvalue weighted by molar-refractivity contribution is 7.19. The zero-order valence-electron chi connectivity index (χ0n) is 19.9. The van der Waals surface area contributed by atoms with Gasteiger partial charge in [-0.05, 0) is 57.5 Å². The number of rotatable bonds is 3. The highest BCUT2D eigenvalue weighted by Gasteiger charge is 2.34. The van der Waals surface area contributed by atoms with Gasteiger partial charge in [-0.2, -0.15) is 5.26 Å². The van der Waals surface area contributed by atoms with Gasteiger partial charge in [0.2, 0.25) is 0 Å². The molecule has 0 spiro atoms. The van der Waals surface area contributed by atoms with Crippen LogP contribution in [0, 0.1) is 25.2 Å². The molecular weight excluding hydrogens is 464 g/mol. The normalized spacial score (nSPS) is 17.7. The van der Waals surface area contributed by atoms with E-state index in [4.69, 9.17) is 4.98 Å². The monoisotopic (exact) mass is 490 g/mol. The van der Waals surface area contributed by atoms with Crippen LogP contribution >= 0.6 is 11.3 Å². The predicted molar refractivity (Wildman–Crippen MR) is 134 cm³/mol. The van der Waals surface area contributed by atoms with E-state index in [1.165, 1.54) is 16.2 Å². The van der Waals surface area contributed by atoms with Gasteiger partial charge in [0, 0.05) is 42.1 Å². The Hall–Kier alpha value is -3.97. The third-order valence-electron chi connectivity index (χ3n) is 5.94. The highest BCUT2D eigenvalue weighted by Crippen LogP contribution is 2.40. The summed E-state index contributed by atoms with van der Waals surface area (Å²) < 4.78 is 0. The van der Waals surface area contributed by atoms with Crippen LogP contribution in [0.1, 0.15) is 30.8 Å². The Bertz CT molecular complexity index is 1310. The number of benzene rings is 1. The van der Waals surface area contributed by atoms with Gasteiger partial charge < -0.3 is 14.9 Å². The molecule has 10 heteroatoms. The van der Waals surface area contributed by atoms with Crippen LogP contribution in [0.25, 0.3) is 21.7 Å². The highest BCUT2D eigenvalue weighted by atomic mass is 32.1. The first-order chi connectivity index (χ1) is 16.7. The van der Waals surface area contributed by atoms with Gasteiger partial charge in [0.1, 0.15) is 0 Å². The molecule has 4 rings (SSSR count). The first kappa shape index (κ1) is 24.2. The topological polar surface area (TPSA) is 122 Å². The average Bonchev–Trinajstić information content (AvgIpc) is 3.23. The minimum atomic E-state index is -0.985. The number of hydrogen-bond acceptors (Lipinski definition) is 6. The number of aromatic nitrogens is 2. The van der Waals surface area contributed by atoms with Gasteiger partial charge in [-0.15, -0.1) is 0 Å². The number of piperazine rings is 1. The van der Waals surface area contributed by atoms with Crippen molar-refractivity contribution in [3.05, 3.63) is 53.3 Å². The number of aryl methyl sites for hydroxylation is 2. The lowest BCUT2D eigenvalue weighted by atomic mass is 10.0. The van der Waals surface area contributed by atoms with Crippen molar-refractivity contribution < 1.29 is 14.7 Å². The molecule has 1 aliphatic rings. The third-order valence-corrected chi connectivity index (χ3v) is 6.96. The number of amides is 3. The standard InChI is InChI=1S/C25H26N6O3S/c1-14-8-20(9-15(2)27-14)22-21(19-7-5-6-18(10-19)11-26)28-23(35-22)29-24(32)30-12-17(4)31(25(33)34)13-16(30)3/h5-10,16-17H,12-13H2,1-4H3,(H,33,34)(H,28,29,32). The molecule has 2 atom stereocenters. The molecular formula is C25H26N6O3S. The molecule has 1 saturated heterocycles. The summed E-state index contributed by atoms with van der Waals surface area (Å²) in [6, 6.07) is 12.4. The lowest BCUT2D eigenvalue weighted by Crippen LogP contribution is -2.60. The quantitative estimate of drug-likeness (QED) is 0.535. The second-order valence-electron chi connectivity index (χ2n) is 8.74. The maximum Gasteiger partial charge on any atom is 0.407 e. The fourth-order valence-electron chi connectivity index (χ4n) is 4.31. The second-order valence-corrected chi connectivity index (χ2v) is 9.74. The Morgan fingerprint density at radius 3 is 2.37 bits per heavy atom. The number of pyridine rings is 1. The van der Waals surface area contributed by atoms with E-state index in [-0.39, 0.29) is 31.2 Å². The van der Waals surface area contributed by atoms with Gasteiger partial charge in [0.05, 0.1) is 22.2 Å². The number of carbonyl (C=O) groups is 2. The number of nitrogens with one attached hydrogen (secondary N) is 1.